The predicted octanol–water partition coefficient (Wildman–Crippen LogP) is 0.899. The Labute approximate surface area is 167 Å². The number of aromatic hydroxyl groups is 2. The lowest BCUT2D eigenvalue weighted by atomic mass is 9.91. The Morgan fingerprint density at radius 3 is 2.62 bits per heavy atom. The molecule has 1 aliphatic rings. The summed E-state index contributed by atoms with van der Waals surface area (Å²) in [7, 11) is 1.41. The molecule has 1 atom stereocenters. The van der Waals surface area contributed by atoms with Gasteiger partial charge in [-0.15, -0.1) is 0 Å². The quantitative estimate of drug-likeness (QED) is 0.619. The molecule has 156 valence electrons. The average Bonchev–Trinajstić information content (AvgIpc) is 2.69. The molecule has 1 aromatic heterocycles. The van der Waals surface area contributed by atoms with Crippen molar-refractivity contribution in [2.75, 3.05) is 33.4 Å². The van der Waals surface area contributed by atoms with Crippen molar-refractivity contribution in [2.24, 2.45) is 5.73 Å². The first kappa shape index (κ1) is 20.7. The van der Waals surface area contributed by atoms with E-state index in [2.05, 4.69) is 4.90 Å². The van der Waals surface area contributed by atoms with Crippen molar-refractivity contribution in [1.29, 1.82) is 0 Å². The molecule has 0 aliphatic carbocycles. The number of hydrogen-bond donors (Lipinski definition) is 3. The van der Waals surface area contributed by atoms with Gasteiger partial charge in [0.2, 0.25) is 17.1 Å². The highest BCUT2D eigenvalue weighted by atomic mass is 16.5. The van der Waals surface area contributed by atoms with Crippen LogP contribution >= 0.6 is 0 Å². The fraction of sp³-hybridized carbons (Fsp3) is 0.400. The first-order valence-electron chi connectivity index (χ1n) is 9.20. The summed E-state index contributed by atoms with van der Waals surface area (Å²) in [5.74, 6) is -1.69. The van der Waals surface area contributed by atoms with Crippen molar-refractivity contribution in [3.63, 3.8) is 0 Å². The fourth-order valence-electron chi connectivity index (χ4n) is 3.34. The molecular formula is C20H24N2O7. The summed E-state index contributed by atoms with van der Waals surface area (Å²) in [6, 6.07) is 5.76. The summed E-state index contributed by atoms with van der Waals surface area (Å²) >= 11 is 0. The number of rotatable bonds is 7. The minimum absolute atomic E-state index is 0.0656. The Kier molecular flexibility index (Phi) is 6.40. The Morgan fingerprint density at radius 2 is 2.00 bits per heavy atom. The minimum atomic E-state index is -0.846. The first-order chi connectivity index (χ1) is 13.9. The van der Waals surface area contributed by atoms with E-state index < -0.39 is 23.0 Å². The van der Waals surface area contributed by atoms with E-state index in [-0.39, 0.29) is 23.7 Å². The van der Waals surface area contributed by atoms with Gasteiger partial charge >= 0.3 is 0 Å². The number of morpholine rings is 1. The molecule has 1 amide bonds. The van der Waals surface area contributed by atoms with Crippen LogP contribution in [0.15, 0.2) is 33.5 Å². The number of phenols is 1. The minimum Gasteiger partial charge on any atom is -0.504 e. The molecule has 9 nitrogen and oxygen atoms in total. The summed E-state index contributed by atoms with van der Waals surface area (Å²) in [5.41, 5.74) is 5.23. The van der Waals surface area contributed by atoms with Gasteiger partial charge in [-0.05, 0) is 17.7 Å². The largest absolute Gasteiger partial charge is 0.504 e. The second-order valence-corrected chi connectivity index (χ2v) is 6.83. The van der Waals surface area contributed by atoms with Crippen LogP contribution < -0.4 is 15.9 Å². The highest BCUT2D eigenvalue weighted by molar-refractivity contribution is 5.75. The van der Waals surface area contributed by atoms with Crippen molar-refractivity contribution in [3.8, 4) is 17.2 Å². The van der Waals surface area contributed by atoms with Gasteiger partial charge in [0.25, 0.3) is 0 Å². The van der Waals surface area contributed by atoms with Crippen LogP contribution in [0, 0.1) is 0 Å². The van der Waals surface area contributed by atoms with E-state index in [1.807, 2.05) is 0 Å². The zero-order valence-electron chi connectivity index (χ0n) is 16.1. The molecule has 1 aromatic carbocycles. The zero-order chi connectivity index (χ0) is 21.0. The highest BCUT2D eigenvalue weighted by Gasteiger charge is 2.26. The molecule has 0 spiro atoms. The number of nitrogens with zero attached hydrogens (tertiary/aromatic N) is 1. The third-order valence-electron chi connectivity index (χ3n) is 4.81. The topological polar surface area (TPSA) is 135 Å². The van der Waals surface area contributed by atoms with E-state index in [0.29, 0.717) is 44.2 Å². The number of hydrogen-bond acceptors (Lipinski definition) is 8. The number of carbonyl (C=O) groups excluding carboxylic acids is 1. The third-order valence-corrected chi connectivity index (χ3v) is 4.81. The Morgan fingerprint density at radius 1 is 1.28 bits per heavy atom. The molecule has 1 saturated heterocycles. The van der Waals surface area contributed by atoms with Crippen LogP contribution in [0.1, 0.15) is 29.4 Å². The number of phenolic OH excluding ortho intramolecular Hbond substituents is 1. The Balaban J connectivity index is 2.01. The number of ether oxygens (including phenoxy) is 2. The molecule has 1 unspecified atom stereocenters. The highest BCUT2D eigenvalue weighted by Crippen LogP contribution is 2.37. The monoisotopic (exact) mass is 404 g/mol. The van der Waals surface area contributed by atoms with Crippen LogP contribution in [-0.4, -0.2) is 54.4 Å². The van der Waals surface area contributed by atoms with E-state index in [4.69, 9.17) is 19.6 Å². The molecule has 1 fully saturated rings. The summed E-state index contributed by atoms with van der Waals surface area (Å²) in [5, 5.41) is 20.5. The predicted molar refractivity (Wildman–Crippen MR) is 103 cm³/mol. The van der Waals surface area contributed by atoms with E-state index in [1.165, 1.54) is 25.3 Å². The van der Waals surface area contributed by atoms with Gasteiger partial charge in [0, 0.05) is 25.6 Å². The molecule has 0 bridgehead atoms. The van der Waals surface area contributed by atoms with Crippen LogP contribution in [0.4, 0.5) is 0 Å². The van der Waals surface area contributed by atoms with Crippen LogP contribution in [0.25, 0.3) is 0 Å². The van der Waals surface area contributed by atoms with E-state index in [1.54, 1.807) is 6.07 Å². The molecule has 2 heterocycles. The van der Waals surface area contributed by atoms with Crippen LogP contribution in [0.2, 0.25) is 0 Å². The molecule has 1 aliphatic heterocycles. The number of methoxy groups -OCH3 is 1. The van der Waals surface area contributed by atoms with Gasteiger partial charge in [-0.3, -0.25) is 14.5 Å². The lowest BCUT2D eigenvalue weighted by Crippen LogP contribution is -2.35. The molecule has 9 heteroatoms. The van der Waals surface area contributed by atoms with Crippen LogP contribution in [0.5, 0.6) is 17.2 Å². The summed E-state index contributed by atoms with van der Waals surface area (Å²) in [6.45, 7) is 2.92. The molecule has 2 aromatic rings. The number of amides is 1. The number of carbonyl (C=O) groups is 1. The summed E-state index contributed by atoms with van der Waals surface area (Å²) in [4.78, 5) is 26.1. The van der Waals surface area contributed by atoms with Gasteiger partial charge < -0.3 is 29.8 Å². The van der Waals surface area contributed by atoms with Crippen LogP contribution in [-0.2, 0) is 16.1 Å². The van der Waals surface area contributed by atoms with Gasteiger partial charge in [0.1, 0.15) is 5.76 Å². The van der Waals surface area contributed by atoms with Crippen molar-refractivity contribution < 1.29 is 28.9 Å². The van der Waals surface area contributed by atoms with Gasteiger partial charge in [-0.25, -0.2) is 0 Å². The third kappa shape index (κ3) is 4.87. The standard InChI is InChI=1S/C20H24N2O7/c1-27-17-3-2-12(8-15(17)23)14(10-18(21)25)20-19(26)16(24)9-13(29-20)11-22-4-6-28-7-5-22/h2-3,8-9,14,23,26H,4-7,10-11H2,1H3,(H2,21,25). The van der Waals surface area contributed by atoms with Crippen molar-refractivity contribution >= 4 is 5.91 Å². The Bertz CT molecular complexity index is 935. The second-order valence-electron chi connectivity index (χ2n) is 6.83. The Hall–Kier alpha value is -3.04. The van der Waals surface area contributed by atoms with Crippen molar-refractivity contribution in [2.45, 2.75) is 18.9 Å². The molecule has 29 heavy (non-hydrogen) atoms. The summed E-state index contributed by atoms with van der Waals surface area (Å²) in [6.07, 6.45) is -0.219. The number of nitrogens with two attached hydrogens (primary N) is 1. The van der Waals surface area contributed by atoms with Gasteiger partial charge in [0.15, 0.2) is 17.3 Å². The van der Waals surface area contributed by atoms with E-state index in [0.717, 1.165) is 0 Å². The van der Waals surface area contributed by atoms with Gasteiger partial charge in [-0.1, -0.05) is 6.07 Å². The van der Waals surface area contributed by atoms with Crippen molar-refractivity contribution in [1.82, 2.24) is 4.90 Å². The maximum Gasteiger partial charge on any atom is 0.227 e. The van der Waals surface area contributed by atoms with E-state index in [9.17, 15) is 19.8 Å². The second kappa shape index (κ2) is 8.97. The normalized spacial score (nSPS) is 15.8. The number of benzene rings is 1. The maximum absolute atomic E-state index is 12.4. The fourth-order valence-corrected chi connectivity index (χ4v) is 3.34. The first-order valence-corrected chi connectivity index (χ1v) is 9.20. The van der Waals surface area contributed by atoms with Crippen molar-refractivity contribution in [3.05, 3.63) is 51.6 Å². The smallest absolute Gasteiger partial charge is 0.227 e. The average molecular weight is 404 g/mol. The van der Waals surface area contributed by atoms with Crippen LogP contribution in [0.3, 0.4) is 0 Å². The SMILES string of the molecule is COc1ccc(C(CC(N)=O)c2oc(CN3CCOCC3)cc(=O)c2O)cc1O. The molecule has 0 saturated carbocycles. The lowest BCUT2D eigenvalue weighted by molar-refractivity contribution is -0.118. The van der Waals surface area contributed by atoms with E-state index >= 15 is 0 Å². The molecule has 3 rings (SSSR count). The number of primary amides is 1. The molecular weight excluding hydrogens is 380 g/mol. The van der Waals surface area contributed by atoms with Gasteiger partial charge in [0.05, 0.1) is 32.8 Å². The summed E-state index contributed by atoms with van der Waals surface area (Å²) < 4.78 is 16.2. The van der Waals surface area contributed by atoms with Gasteiger partial charge in [-0.2, -0.15) is 0 Å². The molecule has 4 N–H and O–H groups in total. The lowest BCUT2D eigenvalue weighted by Gasteiger charge is -2.26. The zero-order valence-corrected chi connectivity index (χ0v) is 16.1. The molecule has 0 radical (unpaired) electrons. The maximum atomic E-state index is 12.4.